The van der Waals surface area contributed by atoms with Crippen LogP contribution in [-0.2, 0) is 14.2 Å². The smallest absolute Gasteiger partial charge is 0.229 e. The number of rotatable bonds is 7. The Kier molecular flexibility index (Phi) is 9.93. The average Bonchev–Trinajstić information content (AvgIpc) is 2.97. The molecule has 15 nitrogen and oxygen atoms in total. The van der Waals surface area contributed by atoms with Crippen LogP contribution in [0.25, 0.3) is 22.3 Å². The molecule has 0 aliphatic carbocycles. The third-order valence-electron chi connectivity index (χ3n) is 7.31. The van der Waals surface area contributed by atoms with Gasteiger partial charge in [-0.3, -0.25) is 4.79 Å². The number of phenolic OH excluding ortho intramolecular Hbond substituents is 1. The number of aliphatic hydroxyl groups excluding tert-OH is 6. The van der Waals surface area contributed by atoms with Crippen LogP contribution in [0.4, 0.5) is 0 Å². The number of aliphatic hydroxyl groups is 6. The van der Waals surface area contributed by atoms with Crippen LogP contribution in [0.3, 0.4) is 0 Å². The normalized spacial score (nSPS) is 32.7. The summed E-state index contributed by atoms with van der Waals surface area (Å²) in [5.41, 5.74) is 0.0115. The molecule has 2 aromatic carbocycles. The van der Waals surface area contributed by atoms with Gasteiger partial charge >= 0.3 is 0 Å². The monoisotopic (exact) mass is 610 g/mol. The topological polar surface area (TPSA) is 249 Å². The van der Waals surface area contributed by atoms with Crippen molar-refractivity contribution in [2.75, 3.05) is 13.7 Å². The van der Waals surface area contributed by atoms with Gasteiger partial charge in [-0.2, -0.15) is 0 Å². The van der Waals surface area contributed by atoms with Crippen molar-refractivity contribution >= 4 is 11.0 Å². The number of methoxy groups -OCH3 is 1. The van der Waals surface area contributed by atoms with Gasteiger partial charge in [-0.05, 0) is 31.2 Å². The lowest BCUT2D eigenvalue weighted by atomic mass is 9.98. The van der Waals surface area contributed by atoms with Gasteiger partial charge in [0.05, 0.1) is 19.8 Å². The maximum atomic E-state index is 12.8. The Balaban J connectivity index is 0.00000423. The first-order chi connectivity index (χ1) is 20.0. The second kappa shape index (κ2) is 13.1. The standard InChI is InChI=1S/C28H32O14.H2O/c1-11-21(31)23(33)25(35)27(39-11)38-10-19-22(32)24(34)26(36)28(42-19)40-14-7-15(29)20-16(30)9-17(41-18(20)8-14)12-3-5-13(37-2)6-4-12;/h3-9,11,19,21-29,31-36H,10H2,1-2H3;1H2/t11-,19+,21-,22+,23+,24-,25+,26+,27+,28+;/m0./s1. The van der Waals surface area contributed by atoms with Crippen LogP contribution in [0.5, 0.6) is 17.2 Å². The van der Waals surface area contributed by atoms with Crippen molar-refractivity contribution in [3.63, 3.8) is 0 Å². The van der Waals surface area contributed by atoms with E-state index in [1.807, 2.05) is 0 Å². The van der Waals surface area contributed by atoms with Gasteiger partial charge in [0.2, 0.25) is 6.29 Å². The molecule has 0 saturated carbocycles. The van der Waals surface area contributed by atoms with Crippen molar-refractivity contribution in [1.82, 2.24) is 0 Å². The molecule has 2 saturated heterocycles. The lowest BCUT2D eigenvalue weighted by Crippen LogP contribution is -2.61. The summed E-state index contributed by atoms with van der Waals surface area (Å²) >= 11 is 0. The second-order valence-electron chi connectivity index (χ2n) is 10.2. The first kappa shape index (κ1) is 32.6. The van der Waals surface area contributed by atoms with Crippen LogP contribution in [0.1, 0.15) is 6.92 Å². The summed E-state index contributed by atoms with van der Waals surface area (Å²) < 4.78 is 33.2. The third-order valence-corrected chi connectivity index (χ3v) is 7.31. The molecule has 0 unspecified atom stereocenters. The number of ether oxygens (including phenoxy) is 5. The fourth-order valence-corrected chi connectivity index (χ4v) is 4.84. The predicted molar refractivity (Wildman–Crippen MR) is 145 cm³/mol. The van der Waals surface area contributed by atoms with Crippen molar-refractivity contribution in [3.05, 3.63) is 52.7 Å². The van der Waals surface area contributed by atoms with Gasteiger partial charge in [-0.15, -0.1) is 0 Å². The van der Waals surface area contributed by atoms with Crippen molar-refractivity contribution in [2.24, 2.45) is 0 Å². The minimum atomic E-state index is -1.76. The molecular weight excluding hydrogens is 576 g/mol. The van der Waals surface area contributed by atoms with Crippen LogP contribution >= 0.6 is 0 Å². The summed E-state index contributed by atoms with van der Waals surface area (Å²) in [6.45, 7) is 0.984. The zero-order valence-corrected chi connectivity index (χ0v) is 23.0. The highest BCUT2D eigenvalue weighted by Crippen LogP contribution is 2.34. The Morgan fingerprint density at radius 1 is 0.791 bits per heavy atom. The first-order valence-corrected chi connectivity index (χ1v) is 13.1. The number of fused-ring (bicyclic) bond motifs is 1. The van der Waals surface area contributed by atoms with Crippen molar-refractivity contribution < 1.29 is 69.3 Å². The summed E-state index contributed by atoms with van der Waals surface area (Å²) in [5.74, 6) is 0.238. The van der Waals surface area contributed by atoms with Gasteiger partial charge < -0.3 is 69.3 Å². The van der Waals surface area contributed by atoms with Gasteiger partial charge in [-0.1, -0.05) is 0 Å². The van der Waals surface area contributed by atoms with Crippen molar-refractivity contribution in [1.29, 1.82) is 0 Å². The molecule has 43 heavy (non-hydrogen) atoms. The SMILES string of the molecule is COc1ccc(-c2cc(=O)c3c(O)cc(O[C@@H]4O[C@H](CO[C@@H]5O[C@@H](C)[C@H](O)[C@@H](O)[C@H]5O)[C@@H](O)[C@H](O)[C@H]4O)cc3o2)cc1.O. The maximum Gasteiger partial charge on any atom is 0.229 e. The molecule has 10 atom stereocenters. The summed E-state index contributed by atoms with van der Waals surface area (Å²) in [5, 5.41) is 71.9. The van der Waals surface area contributed by atoms with E-state index in [1.54, 1.807) is 24.3 Å². The Morgan fingerprint density at radius 2 is 1.44 bits per heavy atom. The predicted octanol–water partition coefficient (Wildman–Crippen LogP) is -1.62. The van der Waals surface area contributed by atoms with Crippen LogP contribution < -0.4 is 14.9 Å². The highest BCUT2D eigenvalue weighted by Gasteiger charge is 2.47. The lowest BCUT2D eigenvalue weighted by molar-refractivity contribution is -0.318. The summed E-state index contributed by atoms with van der Waals surface area (Å²) in [4.78, 5) is 12.8. The Labute approximate surface area is 243 Å². The molecule has 2 aliphatic heterocycles. The van der Waals surface area contributed by atoms with E-state index in [0.717, 1.165) is 6.07 Å². The number of hydrogen-bond donors (Lipinski definition) is 7. The summed E-state index contributed by atoms with van der Waals surface area (Å²) in [7, 11) is 1.52. The second-order valence-corrected chi connectivity index (χ2v) is 10.2. The summed E-state index contributed by atoms with van der Waals surface area (Å²) in [6.07, 6.45) is -14.8. The molecule has 3 aromatic rings. The van der Waals surface area contributed by atoms with E-state index in [0.29, 0.717) is 11.3 Å². The molecule has 2 aliphatic rings. The van der Waals surface area contributed by atoms with E-state index in [2.05, 4.69) is 0 Å². The van der Waals surface area contributed by atoms with Crippen molar-refractivity contribution in [3.8, 4) is 28.6 Å². The van der Waals surface area contributed by atoms with Gasteiger partial charge in [0, 0.05) is 23.8 Å². The Bertz CT molecular complexity index is 1440. The zero-order chi connectivity index (χ0) is 30.3. The van der Waals surface area contributed by atoms with E-state index in [4.69, 9.17) is 28.1 Å². The van der Waals surface area contributed by atoms with Gasteiger partial charge in [0.25, 0.3) is 0 Å². The lowest BCUT2D eigenvalue weighted by Gasteiger charge is -2.42. The van der Waals surface area contributed by atoms with Gasteiger partial charge in [-0.25, -0.2) is 0 Å². The third kappa shape index (κ3) is 6.46. The highest BCUT2D eigenvalue weighted by atomic mass is 16.7. The van der Waals surface area contributed by atoms with Crippen molar-refractivity contribution in [2.45, 2.75) is 68.3 Å². The number of aromatic hydroxyl groups is 1. The van der Waals surface area contributed by atoms with Crippen LogP contribution in [0.2, 0.25) is 0 Å². The largest absolute Gasteiger partial charge is 0.507 e. The molecule has 236 valence electrons. The minimum Gasteiger partial charge on any atom is -0.507 e. The van der Waals surface area contributed by atoms with E-state index in [-0.39, 0.29) is 28.0 Å². The van der Waals surface area contributed by atoms with E-state index < -0.39 is 79.2 Å². The van der Waals surface area contributed by atoms with E-state index in [9.17, 15) is 40.5 Å². The highest BCUT2D eigenvalue weighted by molar-refractivity contribution is 5.86. The molecule has 15 heteroatoms. The maximum absolute atomic E-state index is 12.8. The zero-order valence-electron chi connectivity index (χ0n) is 23.0. The molecule has 0 amide bonds. The molecule has 9 N–H and O–H groups in total. The van der Waals surface area contributed by atoms with E-state index >= 15 is 0 Å². The fraction of sp³-hybridized carbons (Fsp3) is 0.464. The Hall–Kier alpha value is -3.35. The number of phenols is 1. The quantitative estimate of drug-likeness (QED) is 0.159. The summed E-state index contributed by atoms with van der Waals surface area (Å²) in [6, 6.07) is 10.4. The van der Waals surface area contributed by atoms with Crippen LogP contribution in [-0.4, -0.2) is 116 Å². The minimum absolute atomic E-state index is 0. The number of benzene rings is 2. The fourth-order valence-electron chi connectivity index (χ4n) is 4.84. The number of hydrogen-bond acceptors (Lipinski definition) is 14. The van der Waals surface area contributed by atoms with Gasteiger partial charge in [0.1, 0.15) is 76.7 Å². The molecule has 3 heterocycles. The molecular formula is C28H34O15. The molecule has 5 rings (SSSR count). The van der Waals surface area contributed by atoms with Gasteiger partial charge in [0.15, 0.2) is 11.7 Å². The first-order valence-electron chi connectivity index (χ1n) is 13.1. The molecule has 0 bridgehead atoms. The molecule has 0 spiro atoms. The van der Waals surface area contributed by atoms with E-state index in [1.165, 1.54) is 26.2 Å². The molecule has 1 aromatic heterocycles. The molecule has 0 radical (unpaired) electrons. The molecule has 2 fully saturated rings. The van der Waals surface area contributed by atoms with Crippen LogP contribution in [0, 0.1) is 0 Å². The average molecular weight is 611 g/mol. The van der Waals surface area contributed by atoms with Crippen LogP contribution in [0.15, 0.2) is 51.7 Å². The Morgan fingerprint density at radius 3 is 2.12 bits per heavy atom.